The number of carbonyl (C=O) groups excluding carboxylic acids is 1. The normalized spacial score (nSPS) is 10.7. The molecule has 0 aliphatic rings. The molecule has 0 atom stereocenters. The number of benzene rings is 2. The van der Waals surface area contributed by atoms with Crippen LogP contribution in [0.5, 0.6) is 0 Å². The molecule has 0 spiro atoms. The predicted octanol–water partition coefficient (Wildman–Crippen LogP) is 4.25. The zero-order valence-corrected chi connectivity index (χ0v) is 15.3. The van der Waals surface area contributed by atoms with E-state index in [9.17, 15) is 4.79 Å². The van der Waals surface area contributed by atoms with Crippen molar-refractivity contribution in [2.45, 2.75) is 13.0 Å². The van der Waals surface area contributed by atoms with Crippen LogP contribution in [0.15, 0.2) is 79.1 Å². The smallest absolute Gasteiger partial charge is 0.185 e. The minimum Gasteiger partial charge on any atom is -0.382 e. The summed E-state index contributed by atoms with van der Waals surface area (Å²) < 4.78 is 0. The van der Waals surface area contributed by atoms with Crippen molar-refractivity contribution in [1.82, 2.24) is 9.97 Å². The van der Waals surface area contributed by atoms with Gasteiger partial charge in [0.1, 0.15) is 11.5 Å². The molecule has 0 bridgehead atoms. The molecule has 2 aromatic heterocycles. The number of anilines is 2. The van der Waals surface area contributed by atoms with Crippen molar-refractivity contribution in [2.75, 3.05) is 11.1 Å². The van der Waals surface area contributed by atoms with Crippen molar-refractivity contribution in [2.24, 2.45) is 0 Å². The van der Waals surface area contributed by atoms with Crippen molar-refractivity contribution >= 4 is 28.1 Å². The highest BCUT2D eigenvalue weighted by atomic mass is 16.1. The van der Waals surface area contributed by atoms with Gasteiger partial charge in [-0.15, -0.1) is 0 Å². The predicted molar refractivity (Wildman–Crippen MR) is 112 cm³/mol. The van der Waals surface area contributed by atoms with Crippen LogP contribution in [0.3, 0.4) is 0 Å². The fourth-order valence-corrected chi connectivity index (χ4v) is 3.13. The molecule has 5 nitrogen and oxygen atoms in total. The Morgan fingerprint density at radius 1 is 0.893 bits per heavy atom. The summed E-state index contributed by atoms with van der Waals surface area (Å²) in [6.07, 6.45) is 3.73. The van der Waals surface area contributed by atoms with Crippen molar-refractivity contribution in [3.63, 3.8) is 0 Å². The van der Waals surface area contributed by atoms with E-state index in [0.29, 0.717) is 24.5 Å². The molecule has 5 heteroatoms. The van der Waals surface area contributed by atoms with Crippen LogP contribution in [0.4, 0.5) is 11.5 Å². The highest BCUT2D eigenvalue weighted by Crippen LogP contribution is 2.17. The molecule has 0 unspecified atom stereocenters. The number of nitrogens with two attached hydrogens (primary N) is 1. The fourth-order valence-electron chi connectivity index (χ4n) is 3.13. The van der Waals surface area contributed by atoms with Crippen LogP contribution in [-0.2, 0) is 13.0 Å². The molecule has 4 rings (SSSR count). The lowest BCUT2D eigenvalue weighted by atomic mass is 10.0. The van der Waals surface area contributed by atoms with E-state index in [1.54, 1.807) is 12.4 Å². The second-order valence-corrected chi connectivity index (χ2v) is 6.63. The lowest BCUT2D eigenvalue weighted by molar-refractivity contribution is 0.0988. The Labute approximate surface area is 163 Å². The first-order valence-electron chi connectivity index (χ1n) is 9.09. The summed E-state index contributed by atoms with van der Waals surface area (Å²) in [6.45, 7) is 0.603. The number of aromatic nitrogens is 2. The number of ketones is 1. The molecular formula is C23H20N4O. The van der Waals surface area contributed by atoms with Gasteiger partial charge in [-0.1, -0.05) is 48.5 Å². The van der Waals surface area contributed by atoms with Gasteiger partial charge in [-0.25, -0.2) is 4.98 Å². The van der Waals surface area contributed by atoms with Crippen LogP contribution >= 0.6 is 0 Å². The summed E-state index contributed by atoms with van der Waals surface area (Å²) in [6, 6.07) is 21.4. The van der Waals surface area contributed by atoms with Gasteiger partial charge in [0, 0.05) is 30.7 Å². The number of fused-ring (bicyclic) bond motifs is 1. The largest absolute Gasteiger partial charge is 0.382 e. The summed E-state index contributed by atoms with van der Waals surface area (Å²) in [7, 11) is 0. The van der Waals surface area contributed by atoms with E-state index in [0.717, 1.165) is 27.6 Å². The second kappa shape index (κ2) is 7.88. The average Bonchev–Trinajstić information content (AvgIpc) is 2.73. The van der Waals surface area contributed by atoms with Gasteiger partial charge in [0.25, 0.3) is 0 Å². The number of hydrogen-bond donors (Lipinski definition) is 2. The molecule has 0 saturated heterocycles. The molecule has 28 heavy (non-hydrogen) atoms. The number of carbonyl (C=O) groups is 1. The lowest BCUT2D eigenvalue weighted by Crippen LogP contribution is -2.07. The van der Waals surface area contributed by atoms with Crippen LogP contribution in [-0.4, -0.2) is 15.8 Å². The zero-order chi connectivity index (χ0) is 19.3. The highest BCUT2D eigenvalue weighted by Gasteiger charge is 2.10. The fraction of sp³-hybridized carbons (Fsp3) is 0.0870. The zero-order valence-electron chi connectivity index (χ0n) is 15.3. The molecule has 4 aromatic rings. The summed E-state index contributed by atoms with van der Waals surface area (Å²) in [5, 5.41) is 5.33. The van der Waals surface area contributed by atoms with Crippen LogP contribution in [0.2, 0.25) is 0 Å². The number of hydrogen-bond acceptors (Lipinski definition) is 5. The van der Waals surface area contributed by atoms with Crippen molar-refractivity contribution in [1.29, 1.82) is 0 Å². The standard InChI is InChI=1S/C23H20N4O/c24-23-20(9-4-10-25-23)26-14-17-6-3-5-16(11-17)12-22(28)21-13-18-7-1-2-8-19(18)15-27-21/h1-11,13,15,26H,12,14H2,(H2,24,25). The topological polar surface area (TPSA) is 80.9 Å². The van der Waals surface area contributed by atoms with Crippen LogP contribution < -0.4 is 11.1 Å². The van der Waals surface area contributed by atoms with Gasteiger partial charge in [0.05, 0.1) is 5.69 Å². The van der Waals surface area contributed by atoms with Gasteiger partial charge in [-0.2, -0.15) is 0 Å². The summed E-state index contributed by atoms with van der Waals surface area (Å²) in [4.78, 5) is 21.1. The number of nitrogens with one attached hydrogen (secondary N) is 1. The van der Waals surface area contributed by atoms with E-state index in [4.69, 9.17) is 5.73 Å². The number of nitrogen functional groups attached to an aromatic ring is 1. The van der Waals surface area contributed by atoms with E-state index >= 15 is 0 Å². The molecule has 0 amide bonds. The Bertz CT molecular complexity index is 1140. The Balaban J connectivity index is 1.46. The van der Waals surface area contributed by atoms with Gasteiger partial charge in [-0.3, -0.25) is 9.78 Å². The molecule has 3 N–H and O–H groups in total. The van der Waals surface area contributed by atoms with Gasteiger partial charge < -0.3 is 11.1 Å². The van der Waals surface area contributed by atoms with E-state index in [1.807, 2.05) is 66.7 Å². The van der Waals surface area contributed by atoms with Gasteiger partial charge >= 0.3 is 0 Å². The second-order valence-electron chi connectivity index (χ2n) is 6.63. The average molecular weight is 368 g/mol. The first-order valence-corrected chi connectivity index (χ1v) is 9.09. The Kier molecular flexibility index (Phi) is 4.97. The summed E-state index contributed by atoms with van der Waals surface area (Å²) in [5.74, 6) is 0.476. The third-order valence-electron chi connectivity index (χ3n) is 4.59. The third-order valence-corrected chi connectivity index (χ3v) is 4.59. The monoisotopic (exact) mass is 368 g/mol. The Hall–Kier alpha value is -3.73. The quantitative estimate of drug-likeness (QED) is 0.497. The maximum atomic E-state index is 12.7. The van der Waals surface area contributed by atoms with Crippen molar-refractivity contribution in [3.8, 4) is 0 Å². The molecule has 0 fully saturated rings. The lowest BCUT2D eigenvalue weighted by Gasteiger charge is -2.09. The molecule has 0 aliphatic heterocycles. The summed E-state index contributed by atoms with van der Waals surface area (Å²) >= 11 is 0. The van der Waals surface area contributed by atoms with Gasteiger partial charge in [-0.05, 0) is 34.7 Å². The van der Waals surface area contributed by atoms with Crippen LogP contribution in [0.25, 0.3) is 10.8 Å². The minimum atomic E-state index is 0.00682. The van der Waals surface area contributed by atoms with Crippen LogP contribution in [0.1, 0.15) is 21.6 Å². The summed E-state index contributed by atoms with van der Waals surface area (Å²) in [5.41, 5.74) is 9.17. The van der Waals surface area contributed by atoms with Crippen molar-refractivity contribution < 1.29 is 4.79 Å². The highest BCUT2D eigenvalue weighted by molar-refractivity contribution is 5.98. The van der Waals surface area contributed by atoms with E-state index in [2.05, 4.69) is 15.3 Å². The van der Waals surface area contributed by atoms with Gasteiger partial charge in [0.15, 0.2) is 5.78 Å². The van der Waals surface area contributed by atoms with E-state index < -0.39 is 0 Å². The maximum absolute atomic E-state index is 12.7. The van der Waals surface area contributed by atoms with Crippen LogP contribution in [0, 0.1) is 0 Å². The number of Topliss-reactive ketones (excluding diaryl/α,β-unsaturated/α-hetero) is 1. The van der Waals surface area contributed by atoms with E-state index in [1.165, 1.54) is 0 Å². The SMILES string of the molecule is Nc1ncccc1NCc1cccc(CC(=O)c2cc3ccccc3cn2)c1. The minimum absolute atomic E-state index is 0.00682. The van der Waals surface area contributed by atoms with Gasteiger partial charge in [0.2, 0.25) is 0 Å². The molecule has 0 radical (unpaired) electrons. The van der Waals surface area contributed by atoms with Crippen molar-refractivity contribution in [3.05, 3.63) is 95.9 Å². The first-order chi connectivity index (χ1) is 13.7. The molecule has 0 aliphatic carbocycles. The molecular weight excluding hydrogens is 348 g/mol. The van der Waals surface area contributed by atoms with E-state index in [-0.39, 0.29) is 5.78 Å². The Morgan fingerprint density at radius 2 is 1.71 bits per heavy atom. The first kappa shape index (κ1) is 17.7. The molecule has 0 saturated carbocycles. The molecule has 2 aromatic carbocycles. The molecule has 2 heterocycles. The third kappa shape index (κ3) is 3.99. The number of rotatable bonds is 6. The maximum Gasteiger partial charge on any atom is 0.185 e. The molecule has 138 valence electrons. The number of nitrogens with zero attached hydrogens (tertiary/aromatic N) is 2. The Morgan fingerprint density at radius 3 is 2.57 bits per heavy atom. The number of pyridine rings is 2.